The quantitative estimate of drug-likeness (QED) is 0.534. The maximum Gasteiger partial charge on any atom is 0.262 e. The van der Waals surface area contributed by atoms with Gasteiger partial charge in [-0.15, -0.1) is 0 Å². The molecule has 4 rings (SSSR count). The molecule has 0 spiro atoms. The van der Waals surface area contributed by atoms with E-state index >= 15 is 0 Å². The summed E-state index contributed by atoms with van der Waals surface area (Å²) >= 11 is 0. The van der Waals surface area contributed by atoms with E-state index in [2.05, 4.69) is 9.62 Å². The number of hydrogen-bond donors (Lipinski definition) is 1. The first-order valence-corrected chi connectivity index (χ1v) is 12.9. The summed E-state index contributed by atoms with van der Waals surface area (Å²) in [6, 6.07) is 19.2. The standard InChI is InChI=1S/C26H28FN3O4S/c1-34-25-6-3-2-5-24(25)28-35(32,33)23-13-9-21(10-14-23)26(31)30-16-4-15-29(17-18-30)19-20-7-11-22(27)12-8-20/h2-3,5-14,28H,4,15-19H2,1H3. The van der Waals surface area contributed by atoms with Gasteiger partial charge in [0.2, 0.25) is 0 Å². The zero-order valence-corrected chi connectivity index (χ0v) is 20.3. The summed E-state index contributed by atoms with van der Waals surface area (Å²) in [5.74, 6) is 0.0311. The van der Waals surface area contributed by atoms with Crippen molar-refractivity contribution >= 4 is 21.6 Å². The second kappa shape index (κ2) is 10.9. The topological polar surface area (TPSA) is 78.9 Å². The van der Waals surface area contributed by atoms with E-state index in [1.54, 1.807) is 53.4 Å². The number of amides is 1. The molecular formula is C26H28FN3O4S. The molecule has 0 saturated carbocycles. The van der Waals surface area contributed by atoms with Crippen LogP contribution in [0.2, 0.25) is 0 Å². The molecule has 0 unspecified atom stereocenters. The summed E-state index contributed by atoms with van der Waals surface area (Å²) < 4.78 is 46.5. The molecule has 3 aromatic carbocycles. The molecule has 9 heteroatoms. The molecule has 1 fully saturated rings. The summed E-state index contributed by atoms with van der Waals surface area (Å²) in [7, 11) is -2.37. The molecule has 1 N–H and O–H groups in total. The van der Waals surface area contributed by atoms with Gasteiger partial charge in [0.05, 0.1) is 17.7 Å². The van der Waals surface area contributed by atoms with Crippen LogP contribution in [0.5, 0.6) is 5.75 Å². The van der Waals surface area contributed by atoms with Crippen LogP contribution in [0.3, 0.4) is 0 Å². The van der Waals surface area contributed by atoms with E-state index in [1.165, 1.54) is 31.4 Å². The number of hydrogen-bond acceptors (Lipinski definition) is 5. The lowest BCUT2D eigenvalue weighted by atomic mass is 10.2. The maximum atomic E-state index is 13.2. The number of carbonyl (C=O) groups excluding carboxylic acids is 1. The van der Waals surface area contributed by atoms with Crippen LogP contribution in [0.25, 0.3) is 0 Å². The van der Waals surface area contributed by atoms with E-state index in [0.29, 0.717) is 43.2 Å². The van der Waals surface area contributed by atoms with Crippen LogP contribution < -0.4 is 9.46 Å². The Kier molecular flexibility index (Phi) is 7.67. The summed E-state index contributed by atoms with van der Waals surface area (Å²) in [6.45, 7) is 3.43. The van der Waals surface area contributed by atoms with Gasteiger partial charge in [0, 0.05) is 38.3 Å². The van der Waals surface area contributed by atoms with Crippen LogP contribution in [0.15, 0.2) is 77.7 Å². The van der Waals surface area contributed by atoms with Gasteiger partial charge in [0.25, 0.3) is 15.9 Å². The second-order valence-corrected chi connectivity index (χ2v) is 10.1. The van der Waals surface area contributed by atoms with E-state index in [0.717, 1.165) is 18.5 Å². The summed E-state index contributed by atoms with van der Waals surface area (Å²) in [6.07, 6.45) is 0.822. The monoisotopic (exact) mass is 497 g/mol. The number of halogens is 1. The van der Waals surface area contributed by atoms with Gasteiger partial charge in [0.1, 0.15) is 11.6 Å². The minimum atomic E-state index is -3.84. The van der Waals surface area contributed by atoms with Gasteiger partial charge in [-0.3, -0.25) is 14.4 Å². The largest absolute Gasteiger partial charge is 0.495 e. The van der Waals surface area contributed by atoms with Gasteiger partial charge < -0.3 is 9.64 Å². The Morgan fingerprint density at radius 3 is 2.37 bits per heavy atom. The van der Waals surface area contributed by atoms with Crippen molar-refractivity contribution in [3.05, 3.63) is 89.7 Å². The number of para-hydroxylation sites is 2. The summed E-state index contributed by atoms with van der Waals surface area (Å²) in [5, 5.41) is 0. The Morgan fingerprint density at radius 2 is 1.66 bits per heavy atom. The van der Waals surface area contributed by atoms with Gasteiger partial charge in [0.15, 0.2) is 0 Å². The third-order valence-corrected chi connectivity index (χ3v) is 7.34. The average Bonchev–Trinajstić information content (AvgIpc) is 3.11. The SMILES string of the molecule is COc1ccccc1NS(=O)(=O)c1ccc(C(=O)N2CCCN(Cc3ccc(F)cc3)CC2)cc1. The van der Waals surface area contributed by atoms with E-state index in [-0.39, 0.29) is 16.6 Å². The first kappa shape index (κ1) is 24.7. The Bertz CT molecular complexity index is 1260. The van der Waals surface area contributed by atoms with Crippen molar-refractivity contribution in [2.24, 2.45) is 0 Å². The van der Waals surface area contributed by atoms with E-state index in [1.807, 2.05) is 0 Å². The molecule has 3 aromatic rings. The molecular weight excluding hydrogens is 469 g/mol. The smallest absolute Gasteiger partial charge is 0.262 e. The number of benzene rings is 3. The van der Waals surface area contributed by atoms with Gasteiger partial charge >= 0.3 is 0 Å². The molecule has 7 nitrogen and oxygen atoms in total. The lowest BCUT2D eigenvalue weighted by Crippen LogP contribution is -2.35. The number of sulfonamides is 1. The van der Waals surface area contributed by atoms with Gasteiger partial charge in [-0.1, -0.05) is 24.3 Å². The fourth-order valence-electron chi connectivity index (χ4n) is 4.07. The van der Waals surface area contributed by atoms with Crippen LogP contribution in [0.1, 0.15) is 22.3 Å². The number of carbonyl (C=O) groups is 1. The van der Waals surface area contributed by atoms with Crippen LogP contribution in [-0.4, -0.2) is 57.4 Å². The number of methoxy groups -OCH3 is 1. The highest BCUT2D eigenvalue weighted by molar-refractivity contribution is 7.92. The molecule has 0 aliphatic carbocycles. The zero-order valence-electron chi connectivity index (χ0n) is 19.5. The number of nitrogens with zero attached hydrogens (tertiary/aromatic N) is 2. The molecule has 35 heavy (non-hydrogen) atoms. The zero-order chi connectivity index (χ0) is 24.8. The van der Waals surface area contributed by atoms with Gasteiger partial charge in [-0.05, 0) is 60.5 Å². The van der Waals surface area contributed by atoms with Gasteiger partial charge in [-0.25, -0.2) is 12.8 Å². The molecule has 0 bridgehead atoms. The molecule has 1 aliphatic heterocycles. The van der Waals surface area contributed by atoms with Gasteiger partial charge in [-0.2, -0.15) is 0 Å². The summed E-state index contributed by atoms with van der Waals surface area (Å²) in [5.41, 5.74) is 1.81. The highest BCUT2D eigenvalue weighted by atomic mass is 32.2. The van der Waals surface area contributed by atoms with E-state index < -0.39 is 10.0 Å². The van der Waals surface area contributed by atoms with Crippen LogP contribution in [0, 0.1) is 5.82 Å². The van der Waals surface area contributed by atoms with Crippen molar-refractivity contribution in [1.29, 1.82) is 0 Å². The highest BCUT2D eigenvalue weighted by Gasteiger charge is 2.22. The van der Waals surface area contributed by atoms with Crippen LogP contribution in [0.4, 0.5) is 10.1 Å². The molecule has 1 saturated heterocycles. The Hall–Kier alpha value is -3.43. The van der Waals surface area contributed by atoms with E-state index in [4.69, 9.17) is 4.74 Å². The molecule has 1 amide bonds. The third kappa shape index (κ3) is 6.17. The minimum absolute atomic E-state index is 0.0568. The van der Waals surface area contributed by atoms with Crippen molar-refractivity contribution < 1.29 is 22.3 Å². The van der Waals surface area contributed by atoms with Crippen molar-refractivity contribution in [2.75, 3.05) is 38.0 Å². The van der Waals surface area contributed by atoms with Crippen LogP contribution in [-0.2, 0) is 16.6 Å². The van der Waals surface area contributed by atoms with Crippen molar-refractivity contribution in [2.45, 2.75) is 17.9 Å². The lowest BCUT2D eigenvalue weighted by Gasteiger charge is -2.22. The van der Waals surface area contributed by atoms with Crippen molar-refractivity contribution in [3.63, 3.8) is 0 Å². The number of ether oxygens (including phenoxy) is 1. The van der Waals surface area contributed by atoms with Crippen molar-refractivity contribution in [3.8, 4) is 5.75 Å². The Labute approximate surface area is 205 Å². The highest BCUT2D eigenvalue weighted by Crippen LogP contribution is 2.26. The lowest BCUT2D eigenvalue weighted by molar-refractivity contribution is 0.0761. The second-order valence-electron chi connectivity index (χ2n) is 8.38. The first-order chi connectivity index (χ1) is 16.9. The molecule has 184 valence electrons. The average molecular weight is 498 g/mol. The Balaban J connectivity index is 1.39. The molecule has 1 heterocycles. The number of anilines is 1. The first-order valence-electron chi connectivity index (χ1n) is 11.4. The Morgan fingerprint density at radius 1 is 0.943 bits per heavy atom. The minimum Gasteiger partial charge on any atom is -0.495 e. The van der Waals surface area contributed by atoms with Crippen molar-refractivity contribution in [1.82, 2.24) is 9.80 Å². The van der Waals surface area contributed by atoms with E-state index in [9.17, 15) is 17.6 Å². The molecule has 0 atom stereocenters. The normalized spacial score (nSPS) is 14.9. The van der Waals surface area contributed by atoms with Crippen LogP contribution >= 0.6 is 0 Å². The molecule has 0 radical (unpaired) electrons. The predicted molar refractivity (Wildman–Crippen MR) is 132 cm³/mol. The third-order valence-electron chi connectivity index (χ3n) is 5.96. The molecule has 1 aliphatic rings. The fourth-order valence-corrected chi connectivity index (χ4v) is 5.14. The fraction of sp³-hybridized carbons (Fsp3) is 0.269. The number of rotatable bonds is 7. The predicted octanol–water partition coefficient (Wildman–Crippen LogP) is 3.98. The number of nitrogens with one attached hydrogen (secondary N) is 1. The maximum absolute atomic E-state index is 13.2. The molecule has 0 aromatic heterocycles. The summed E-state index contributed by atoms with van der Waals surface area (Å²) in [4.78, 5) is 17.2.